The number of hydrogen-bond donors (Lipinski definition) is 1. The summed E-state index contributed by atoms with van der Waals surface area (Å²) in [4.78, 5) is 32.3. The first-order chi connectivity index (χ1) is 21.6. The number of carbonyl (C=O) groups is 1. The SMILES string of the molecule is CCN(C)S(=O)(=O)Nc1ccc(F)c(Oc2ccc3ncn([C@@H]4COC5(CCN(C(=O)OC(C)(C)C)CC5)C4)c(=O)c3c2)c1C#N. The molecule has 246 valence electrons. The second-order valence-corrected chi connectivity index (χ2v) is 14.3. The number of likely N-dealkylation sites (tertiary alicyclic amines) is 1. The van der Waals surface area contributed by atoms with E-state index in [1.807, 2.05) is 26.8 Å². The van der Waals surface area contributed by atoms with E-state index in [1.165, 1.54) is 30.1 Å². The number of ether oxygens (including phenoxy) is 3. The molecule has 2 fully saturated rings. The molecular formula is C31H37FN6O7S. The minimum atomic E-state index is -4.00. The Bertz CT molecular complexity index is 1860. The lowest BCUT2D eigenvalue weighted by atomic mass is 9.87. The first-order valence-electron chi connectivity index (χ1n) is 14.9. The van der Waals surface area contributed by atoms with Gasteiger partial charge in [0.1, 0.15) is 23.0 Å². The van der Waals surface area contributed by atoms with Crippen molar-refractivity contribution in [1.82, 2.24) is 18.8 Å². The maximum atomic E-state index is 15.0. The van der Waals surface area contributed by atoms with Crippen molar-refractivity contribution < 1.29 is 31.8 Å². The first kappa shape index (κ1) is 33.1. The lowest BCUT2D eigenvalue weighted by Crippen LogP contribution is -2.48. The van der Waals surface area contributed by atoms with Gasteiger partial charge in [0.2, 0.25) is 0 Å². The monoisotopic (exact) mass is 656 g/mol. The summed E-state index contributed by atoms with van der Waals surface area (Å²) in [6.07, 6.45) is 2.89. The zero-order chi connectivity index (χ0) is 33.4. The predicted octanol–water partition coefficient (Wildman–Crippen LogP) is 4.54. The molecule has 0 radical (unpaired) electrons. The number of anilines is 1. The van der Waals surface area contributed by atoms with E-state index in [0.29, 0.717) is 44.5 Å². The van der Waals surface area contributed by atoms with E-state index in [-0.39, 0.29) is 46.6 Å². The Kier molecular flexibility index (Phi) is 9.00. The highest BCUT2D eigenvalue weighted by molar-refractivity contribution is 7.90. The Morgan fingerprint density at radius 3 is 2.63 bits per heavy atom. The molecule has 1 N–H and O–H groups in total. The smallest absolute Gasteiger partial charge is 0.410 e. The van der Waals surface area contributed by atoms with Gasteiger partial charge < -0.3 is 19.1 Å². The zero-order valence-electron chi connectivity index (χ0n) is 26.4. The molecule has 13 nitrogen and oxygen atoms in total. The largest absolute Gasteiger partial charge is 0.453 e. The van der Waals surface area contributed by atoms with Crippen LogP contribution in [0.15, 0.2) is 41.5 Å². The molecule has 0 bridgehead atoms. The van der Waals surface area contributed by atoms with Gasteiger partial charge in [0.05, 0.1) is 41.2 Å². The van der Waals surface area contributed by atoms with Crippen LogP contribution in [0.4, 0.5) is 14.9 Å². The molecule has 2 aromatic carbocycles. The summed E-state index contributed by atoms with van der Waals surface area (Å²) >= 11 is 0. The van der Waals surface area contributed by atoms with Gasteiger partial charge in [0.15, 0.2) is 11.6 Å². The lowest BCUT2D eigenvalue weighted by molar-refractivity contribution is -0.0486. The maximum absolute atomic E-state index is 15.0. The summed E-state index contributed by atoms with van der Waals surface area (Å²) in [5, 5.41) is 10.0. The van der Waals surface area contributed by atoms with E-state index in [2.05, 4.69) is 9.71 Å². The molecule has 3 heterocycles. The van der Waals surface area contributed by atoms with Crippen molar-refractivity contribution in [1.29, 1.82) is 5.26 Å². The number of carbonyl (C=O) groups excluding carboxylic acids is 1. The van der Waals surface area contributed by atoms with Crippen LogP contribution in [0.3, 0.4) is 0 Å². The molecule has 0 saturated carbocycles. The number of nitriles is 1. The summed E-state index contributed by atoms with van der Waals surface area (Å²) in [6, 6.07) is 8.09. The van der Waals surface area contributed by atoms with E-state index in [1.54, 1.807) is 17.9 Å². The topological polar surface area (TPSA) is 156 Å². The summed E-state index contributed by atoms with van der Waals surface area (Å²) in [5.41, 5.74) is -1.54. The zero-order valence-corrected chi connectivity index (χ0v) is 27.2. The summed E-state index contributed by atoms with van der Waals surface area (Å²) in [7, 11) is -2.64. The third-order valence-electron chi connectivity index (χ3n) is 8.20. The molecule has 1 atom stereocenters. The van der Waals surface area contributed by atoms with Crippen LogP contribution in [0, 0.1) is 17.1 Å². The number of nitrogens with one attached hydrogen (secondary N) is 1. The van der Waals surface area contributed by atoms with E-state index < -0.39 is 33.0 Å². The van der Waals surface area contributed by atoms with Crippen molar-refractivity contribution in [3.8, 4) is 17.6 Å². The van der Waals surface area contributed by atoms with Gasteiger partial charge in [0.25, 0.3) is 5.56 Å². The van der Waals surface area contributed by atoms with E-state index in [0.717, 1.165) is 16.4 Å². The number of aromatic nitrogens is 2. The highest BCUT2D eigenvalue weighted by atomic mass is 32.2. The van der Waals surface area contributed by atoms with Crippen molar-refractivity contribution in [3.63, 3.8) is 0 Å². The van der Waals surface area contributed by atoms with Gasteiger partial charge >= 0.3 is 16.3 Å². The molecule has 15 heteroatoms. The third kappa shape index (κ3) is 6.79. The van der Waals surface area contributed by atoms with Crippen LogP contribution in [0.1, 0.15) is 58.6 Å². The van der Waals surface area contributed by atoms with Crippen molar-refractivity contribution in [2.45, 2.75) is 64.2 Å². The van der Waals surface area contributed by atoms with E-state index in [9.17, 15) is 27.7 Å². The maximum Gasteiger partial charge on any atom is 0.410 e. The molecular weight excluding hydrogens is 619 g/mol. The molecule has 3 aromatic rings. The summed E-state index contributed by atoms with van der Waals surface area (Å²) in [6.45, 7) is 8.54. The van der Waals surface area contributed by atoms with Gasteiger partial charge in [-0.15, -0.1) is 0 Å². The number of fused-ring (bicyclic) bond motifs is 1. The van der Waals surface area contributed by atoms with Crippen molar-refractivity contribution >= 4 is 32.9 Å². The van der Waals surface area contributed by atoms with Gasteiger partial charge in [-0.05, 0) is 70.4 Å². The van der Waals surface area contributed by atoms with Gasteiger partial charge in [-0.3, -0.25) is 14.1 Å². The molecule has 2 aliphatic rings. The fourth-order valence-electron chi connectivity index (χ4n) is 5.57. The van der Waals surface area contributed by atoms with Crippen LogP contribution in [0.25, 0.3) is 10.9 Å². The number of rotatable bonds is 7. The minimum absolute atomic E-state index is 0.0545. The standard InChI is InChI=1S/C31H37FN6O7S/c1-6-36(5)46(41,42)35-26-10-8-24(32)27(23(26)17-33)44-21-7-9-25-22(15-21)28(39)38(19-34-25)20-16-31(43-18-20)11-13-37(14-12-31)29(40)45-30(2,3)4/h7-10,15,19-20,35H,6,11-14,16,18H2,1-5H3/t20-/m0/s1. The van der Waals surface area contributed by atoms with Gasteiger partial charge in [0, 0.05) is 26.7 Å². The Hall–Kier alpha value is -4.26. The molecule has 5 rings (SSSR count). The Morgan fingerprint density at radius 1 is 1.26 bits per heavy atom. The molecule has 1 amide bonds. The second-order valence-electron chi connectivity index (χ2n) is 12.5. The van der Waals surface area contributed by atoms with E-state index >= 15 is 0 Å². The number of hydrogen-bond acceptors (Lipinski definition) is 9. The number of halogens is 1. The Labute approximate surface area is 266 Å². The highest BCUT2D eigenvalue weighted by Crippen LogP contribution is 2.41. The van der Waals surface area contributed by atoms with Crippen molar-refractivity contribution in [2.75, 3.05) is 38.0 Å². The quantitative estimate of drug-likeness (QED) is 0.386. The first-order valence-corrected chi connectivity index (χ1v) is 16.4. The molecule has 2 saturated heterocycles. The molecule has 1 spiro atoms. The molecule has 1 aromatic heterocycles. The Morgan fingerprint density at radius 2 is 1.98 bits per heavy atom. The molecule has 0 unspecified atom stereocenters. The van der Waals surface area contributed by atoms with Crippen LogP contribution in [-0.4, -0.2) is 77.8 Å². The molecule has 0 aliphatic carbocycles. The summed E-state index contributed by atoms with van der Waals surface area (Å²) in [5.74, 6) is -1.33. The van der Waals surface area contributed by atoms with Gasteiger partial charge in [-0.25, -0.2) is 14.2 Å². The van der Waals surface area contributed by atoms with Crippen molar-refractivity contribution in [3.05, 3.63) is 58.4 Å². The number of amides is 1. The van der Waals surface area contributed by atoms with Gasteiger partial charge in [-0.2, -0.15) is 18.0 Å². The lowest BCUT2D eigenvalue weighted by Gasteiger charge is -2.39. The summed E-state index contributed by atoms with van der Waals surface area (Å²) < 4.78 is 62.4. The average molecular weight is 657 g/mol. The normalized spacial score (nSPS) is 18.1. The van der Waals surface area contributed by atoms with Gasteiger partial charge in [-0.1, -0.05) is 6.92 Å². The molecule has 46 heavy (non-hydrogen) atoms. The number of nitrogens with zero attached hydrogens (tertiary/aromatic N) is 5. The number of piperidine rings is 1. The predicted molar refractivity (Wildman–Crippen MR) is 167 cm³/mol. The second kappa shape index (κ2) is 12.5. The fourth-order valence-corrected chi connectivity index (χ4v) is 6.51. The van der Waals surface area contributed by atoms with Crippen molar-refractivity contribution in [2.24, 2.45) is 0 Å². The minimum Gasteiger partial charge on any atom is -0.453 e. The Balaban J connectivity index is 1.36. The van der Waals surface area contributed by atoms with Crippen LogP contribution in [-0.2, 0) is 19.7 Å². The number of benzene rings is 2. The van der Waals surface area contributed by atoms with Crippen LogP contribution < -0.4 is 15.0 Å². The van der Waals surface area contributed by atoms with Crippen LogP contribution in [0.2, 0.25) is 0 Å². The average Bonchev–Trinajstić information content (AvgIpc) is 3.41. The van der Waals surface area contributed by atoms with Crippen LogP contribution >= 0.6 is 0 Å². The fraction of sp³-hybridized carbons (Fsp3) is 0.484. The van der Waals surface area contributed by atoms with E-state index in [4.69, 9.17) is 14.2 Å². The molecule has 2 aliphatic heterocycles. The van der Waals surface area contributed by atoms with Crippen LogP contribution in [0.5, 0.6) is 11.5 Å². The third-order valence-corrected chi connectivity index (χ3v) is 9.76. The highest BCUT2D eigenvalue weighted by Gasteiger charge is 2.45.